The number of ether oxygens (including phenoxy) is 2. The van der Waals surface area contributed by atoms with Gasteiger partial charge in [0.25, 0.3) is 10.0 Å². The standard InChI is InChI=1S/C20H23N3O5S/c1-23(20-15-6-4-5-7-18(15)29(25,26)22-20)13-19(24)21-11-10-14-8-9-16(27-2)17(12-14)28-3/h4-9,12H,10-11,13H2,1-3H3,(H,21,24). The third-order valence-corrected chi connectivity index (χ3v) is 5.86. The molecule has 1 N–H and O–H groups in total. The maximum Gasteiger partial charge on any atom is 0.285 e. The molecule has 0 fully saturated rings. The fraction of sp³-hybridized carbons (Fsp3) is 0.300. The maximum atomic E-state index is 12.3. The number of amides is 1. The van der Waals surface area contributed by atoms with Gasteiger partial charge in [-0.2, -0.15) is 8.42 Å². The Morgan fingerprint density at radius 2 is 1.83 bits per heavy atom. The van der Waals surface area contributed by atoms with Crippen LogP contribution >= 0.6 is 0 Å². The zero-order chi connectivity index (χ0) is 21.0. The number of carbonyl (C=O) groups is 1. The lowest BCUT2D eigenvalue weighted by atomic mass is 10.1. The Balaban J connectivity index is 1.57. The van der Waals surface area contributed by atoms with Crippen molar-refractivity contribution in [2.45, 2.75) is 11.3 Å². The Morgan fingerprint density at radius 3 is 2.55 bits per heavy atom. The fourth-order valence-corrected chi connectivity index (χ4v) is 4.34. The normalized spacial score (nSPS) is 14.0. The monoisotopic (exact) mass is 417 g/mol. The van der Waals surface area contributed by atoms with Crippen LogP contribution in [0.15, 0.2) is 51.8 Å². The highest BCUT2D eigenvalue weighted by molar-refractivity contribution is 7.90. The summed E-state index contributed by atoms with van der Waals surface area (Å²) in [5.74, 6) is 1.33. The minimum atomic E-state index is -3.71. The van der Waals surface area contributed by atoms with Crippen molar-refractivity contribution < 1.29 is 22.7 Å². The van der Waals surface area contributed by atoms with Crippen LogP contribution in [0.3, 0.4) is 0 Å². The predicted molar refractivity (Wildman–Crippen MR) is 109 cm³/mol. The van der Waals surface area contributed by atoms with Gasteiger partial charge in [0.15, 0.2) is 17.3 Å². The van der Waals surface area contributed by atoms with E-state index in [2.05, 4.69) is 9.71 Å². The van der Waals surface area contributed by atoms with Gasteiger partial charge >= 0.3 is 0 Å². The minimum Gasteiger partial charge on any atom is -0.493 e. The summed E-state index contributed by atoms with van der Waals surface area (Å²) < 4.78 is 38.6. The molecule has 0 aromatic heterocycles. The first kappa shape index (κ1) is 20.7. The van der Waals surface area contributed by atoms with Crippen molar-refractivity contribution in [3.8, 4) is 11.5 Å². The number of benzene rings is 2. The van der Waals surface area contributed by atoms with E-state index >= 15 is 0 Å². The SMILES string of the molecule is COc1ccc(CCNC(=O)CN(C)C2=NS(=O)(=O)c3ccccc32)cc1OC. The number of rotatable bonds is 7. The van der Waals surface area contributed by atoms with Crippen molar-refractivity contribution >= 4 is 21.8 Å². The third kappa shape index (κ3) is 4.51. The van der Waals surface area contributed by atoms with E-state index in [1.165, 1.54) is 11.0 Å². The van der Waals surface area contributed by atoms with Crippen molar-refractivity contribution in [1.82, 2.24) is 10.2 Å². The van der Waals surface area contributed by atoms with E-state index in [1.807, 2.05) is 18.2 Å². The first-order chi connectivity index (χ1) is 13.9. The molecule has 1 heterocycles. The summed E-state index contributed by atoms with van der Waals surface area (Å²) >= 11 is 0. The molecule has 8 nitrogen and oxygen atoms in total. The van der Waals surface area contributed by atoms with E-state index in [1.54, 1.807) is 39.5 Å². The summed E-state index contributed by atoms with van der Waals surface area (Å²) in [5.41, 5.74) is 1.50. The molecule has 2 aromatic carbocycles. The summed E-state index contributed by atoms with van der Waals surface area (Å²) in [6.45, 7) is 0.429. The Labute approximate surface area is 170 Å². The molecular formula is C20H23N3O5S. The van der Waals surface area contributed by atoms with Gasteiger partial charge in [0, 0.05) is 19.2 Å². The first-order valence-electron chi connectivity index (χ1n) is 8.99. The summed E-state index contributed by atoms with van der Waals surface area (Å²) in [5, 5.41) is 2.84. The van der Waals surface area contributed by atoms with Crippen molar-refractivity contribution in [1.29, 1.82) is 0 Å². The van der Waals surface area contributed by atoms with Crippen LogP contribution in [-0.2, 0) is 21.2 Å². The highest BCUT2D eigenvalue weighted by Crippen LogP contribution is 2.28. The molecule has 3 rings (SSSR count). The summed E-state index contributed by atoms with van der Waals surface area (Å²) in [6.07, 6.45) is 0.619. The molecule has 0 saturated carbocycles. The van der Waals surface area contributed by atoms with Crippen molar-refractivity contribution in [2.24, 2.45) is 4.40 Å². The van der Waals surface area contributed by atoms with Crippen LogP contribution in [-0.4, -0.2) is 59.4 Å². The topological polar surface area (TPSA) is 97.3 Å². The molecule has 1 aliphatic rings. The van der Waals surface area contributed by atoms with Crippen LogP contribution in [0.4, 0.5) is 0 Å². The van der Waals surface area contributed by atoms with Crippen LogP contribution < -0.4 is 14.8 Å². The van der Waals surface area contributed by atoms with Gasteiger partial charge in [-0.15, -0.1) is 4.40 Å². The molecule has 154 valence electrons. The summed E-state index contributed by atoms with van der Waals surface area (Å²) in [7, 11) is 1.08. The van der Waals surface area contributed by atoms with Gasteiger partial charge in [-0.05, 0) is 36.2 Å². The second-order valence-corrected chi connectivity index (χ2v) is 8.10. The molecule has 0 radical (unpaired) electrons. The molecule has 0 bridgehead atoms. The molecule has 0 saturated heterocycles. The molecule has 9 heteroatoms. The predicted octanol–water partition coefficient (Wildman–Crippen LogP) is 1.44. The molecule has 0 unspecified atom stereocenters. The quantitative estimate of drug-likeness (QED) is 0.732. The van der Waals surface area contributed by atoms with Crippen LogP contribution in [0.25, 0.3) is 0 Å². The van der Waals surface area contributed by atoms with E-state index in [9.17, 15) is 13.2 Å². The Hall–Kier alpha value is -3.07. The van der Waals surface area contributed by atoms with E-state index in [0.29, 0.717) is 30.0 Å². The summed E-state index contributed by atoms with van der Waals surface area (Å²) in [4.78, 5) is 14.0. The molecule has 0 atom stereocenters. The lowest BCUT2D eigenvalue weighted by Gasteiger charge is -2.18. The van der Waals surface area contributed by atoms with Gasteiger partial charge in [-0.3, -0.25) is 4.79 Å². The molecular weight excluding hydrogens is 394 g/mol. The smallest absolute Gasteiger partial charge is 0.285 e. The number of fused-ring (bicyclic) bond motifs is 1. The number of methoxy groups -OCH3 is 2. The van der Waals surface area contributed by atoms with Crippen molar-refractivity contribution in [3.05, 3.63) is 53.6 Å². The van der Waals surface area contributed by atoms with Crippen LogP contribution in [0.1, 0.15) is 11.1 Å². The van der Waals surface area contributed by atoms with Gasteiger partial charge in [0.2, 0.25) is 5.91 Å². The number of hydrogen-bond acceptors (Lipinski definition) is 6. The average molecular weight is 417 g/mol. The van der Waals surface area contributed by atoms with Gasteiger partial charge in [0.1, 0.15) is 4.90 Å². The fourth-order valence-electron chi connectivity index (χ4n) is 3.09. The van der Waals surface area contributed by atoms with Gasteiger partial charge in [-0.1, -0.05) is 18.2 Å². The molecule has 1 aliphatic heterocycles. The molecule has 2 aromatic rings. The maximum absolute atomic E-state index is 12.3. The van der Waals surface area contributed by atoms with Crippen LogP contribution in [0.5, 0.6) is 11.5 Å². The Kier molecular flexibility index (Phi) is 6.07. The van der Waals surface area contributed by atoms with E-state index in [0.717, 1.165) is 5.56 Å². The number of amidine groups is 1. The molecule has 29 heavy (non-hydrogen) atoms. The molecule has 1 amide bonds. The average Bonchev–Trinajstić information content (AvgIpc) is 2.99. The van der Waals surface area contributed by atoms with Crippen molar-refractivity contribution in [3.63, 3.8) is 0 Å². The number of carbonyl (C=O) groups excluding carboxylic acids is 1. The Bertz CT molecular complexity index is 1050. The highest BCUT2D eigenvalue weighted by Gasteiger charge is 2.30. The summed E-state index contributed by atoms with van der Waals surface area (Å²) in [6, 6.07) is 12.2. The zero-order valence-corrected chi connectivity index (χ0v) is 17.3. The van der Waals surface area contributed by atoms with Crippen LogP contribution in [0.2, 0.25) is 0 Å². The molecule has 0 spiro atoms. The molecule has 0 aliphatic carbocycles. The number of nitrogens with zero attached hydrogens (tertiary/aromatic N) is 2. The zero-order valence-electron chi connectivity index (χ0n) is 16.5. The second kappa shape index (κ2) is 8.52. The minimum absolute atomic E-state index is 0.00534. The van der Waals surface area contributed by atoms with Gasteiger partial charge in [-0.25, -0.2) is 0 Å². The second-order valence-electron chi connectivity index (χ2n) is 6.53. The lowest BCUT2D eigenvalue weighted by molar-refractivity contribution is -0.121. The van der Waals surface area contributed by atoms with Gasteiger partial charge in [0.05, 0.1) is 20.8 Å². The van der Waals surface area contributed by atoms with Crippen molar-refractivity contribution in [2.75, 3.05) is 34.4 Å². The first-order valence-corrected chi connectivity index (χ1v) is 10.4. The number of likely N-dealkylation sites (N-methyl/N-ethyl adjacent to an activating group) is 1. The number of nitrogens with one attached hydrogen (secondary N) is 1. The third-order valence-electron chi connectivity index (χ3n) is 4.54. The van der Waals surface area contributed by atoms with E-state index in [-0.39, 0.29) is 23.2 Å². The highest BCUT2D eigenvalue weighted by atomic mass is 32.2. The Morgan fingerprint density at radius 1 is 1.10 bits per heavy atom. The number of hydrogen-bond donors (Lipinski definition) is 1. The van der Waals surface area contributed by atoms with E-state index in [4.69, 9.17) is 9.47 Å². The van der Waals surface area contributed by atoms with Crippen LogP contribution in [0, 0.1) is 0 Å². The van der Waals surface area contributed by atoms with Gasteiger partial charge < -0.3 is 19.7 Å². The largest absolute Gasteiger partial charge is 0.493 e. The lowest BCUT2D eigenvalue weighted by Crippen LogP contribution is -2.39. The van der Waals surface area contributed by atoms with E-state index < -0.39 is 10.0 Å². The number of sulfonamides is 1.